The zero-order valence-electron chi connectivity index (χ0n) is 19.0. The molecule has 0 atom stereocenters. The molecular formula is C20H28N2O12S2. The van der Waals surface area contributed by atoms with Gasteiger partial charge in [0.1, 0.15) is 5.75 Å². The van der Waals surface area contributed by atoms with Gasteiger partial charge in [-0.2, -0.15) is 16.8 Å². The summed E-state index contributed by atoms with van der Waals surface area (Å²) < 4.78 is 69.2. The number of hydrogen-bond donors (Lipinski definition) is 5. The first-order valence-electron chi connectivity index (χ1n) is 10.3. The van der Waals surface area contributed by atoms with Crippen LogP contribution in [0.5, 0.6) is 11.5 Å². The smallest absolute Gasteiger partial charge is 0.311 e. The molecule has 0 saturated heterocycles. The fourth-order valence-electron chi connectivity index (χ4n) is 2.60. The van der Waals surface area contributed by atoms with Crippen LogP contribution in [0.3, 0.4) is 0 Å². The van der Waals surface area contributed by atoms with E-state index in [1.807, 2.05) is 0 Å². The van der Waals surface area contributed by atoms with E-state index in [0.717, 1.165) is 0 Å². The van der Waals surface area contributed by atoms with Gasteiger partial charge in [0.15, 0.2) is 5.75 Å². The molecule has 0 fully saturated rings. The van der Waals surface area contributed by atoms with E-state index in [1.54, 1.807) is 18.2 Å². The number of hydrogen-bond acceptors (Lipinski definition) is 11. The van der Waals surface area contributed by atoms with Crippen molar-refractivity contribution in [1.29, 1.82) is 0 Å². The monoisotopic (exact) mass is 552 g/mol. The minimum atomic E-state index is -4.06. The van der Waals surface area contributed by atoms with E-state index in [2.05, 4.69) is 0 Å². The molecule has 0 heterocycles. The molecule has 0 aliphatic carbocycles. The summed E-state index contributed by atoms with van der Waals surface area (Å²) in [7, 11) is -8.01. The van der Waals surface area contributed by atoms with E-state index in [1.165, 1.54) is 18.2 Å². The number of nitrogens with two attached hydrogens (primary N) is 1. The predicted octanol–water partition coefficient (Wildman–Crippen LogP) is 1.16. The first-order valence-corrected chi connectivity index (χ1v) is 13.5. The normalized spacial score (nSPS) is 11.3. The number of nitrogens with zero attached hydrogens (tertiary/aromatic N) is 1. The molecule has 16 heteroatoms. The highest BCUT2D eigenvalue weighted by Gasteiger charge is 2.16. The number of anilines is 1. The van der Waals surface area contributed by atoms with E-state index in [-0.39, 0.29) is 56.5 Å². The van der Waals surface area contributed by atoms with Crippen LogP contribution in [0.4, 0.5) is 11.4 Å². The van der Waals surface area contributed by atoms with Gasteiger partial charge in [-0.3, -0.25) is 19.2 Å². The van der Waals surface area contributed by atoms with E-state index in [0.29, 0.717) is 22.6 Å². The van der Waals surface area contributed by atoms with E-state index < -0.39 is 30.9 Å². The summed E-state index contributed by atoms with van der Waals surface area (Å²) in [5.74, 6) is -0.410. The van der Waals surface area contributed by atoms with Crippen molar-refractivity contribution >= 4 is 31.6 Å². The van der Waals surface area contributed by atoms with Crippen LogP contribution in [0, 0.1) is 10.1 Å². The predicted molar refractivity (Wildman–Crippen MR) is 129 cm³/mol. The number of rotatable bonds is 13. The molecule has 14 nitrogen and oxygen atoms in total. The second-order valence-corrected chi connectivity index (χ2v) is 10.4. The standard InChI is InChI=1S/C10H13NO7S.C10H15NO5S/c12-7-8-2-3-10(9(6-8)11(13)14)18-4-1-5-19(15,16)17;11-9-6-8(7-12)2-3-10(9)16-4-1-5-17(13,14)15/h2-3,6,12H,1,4-5,7H2,(H,15,16,17);2-3,6,12H,1,4-5,7,11H2,(H,13,14,15). The van der Waals surface area contributed by atoms with E-state index >= 15 is 0 Å². The second-order valence-electron chi connectivity index (χ2n) is 7.22. The summed E-state index contributed by atoms with van der Waals surface area (Å²) >= 11 is 0. The van der Waals surface area contributed by atoms with Gasteiger partial charge in [-0.1, -0.05) is 12.1 Å². The Morgan fingerprint density at radius 1 is 0.806 bits per heavy atom. The van der Waals surface area contributed by atoms with E-state index in [4.69, 9.17) is 34.5 Å². The van der Waals surface area contributed by atoms with Crippen LogP contribution in [-0.2, 0) is 33.5 Å². The maximum absolute atomic E-state index is 10.8. The summed E-state index contributed by atoms with van der Waals surface area (Å²) in [6.07, 6.45) is 0.192. The van der Waals surface area contributed by atoms with Crippen molar-refractivity contribution < 1.29 is 50.6 Å². The van der Waals surface area contributed by atoms with Crippen LogP contribution in [-0.4, -0.2) is 65.8 Å². The maximum atomic E-state index is 10.8. The summed E-state index contributed by atoms with van der Waals surface area (Å²) in [5, 5.41) is 28.5. The molecule has 202 valence electrons. The average molecular weight is 553 g/mol. The summed E-state index contributed by atoms with van der Waals surface area (Å²) in [4.78, 5) is 10.1. The van der Waals surface area contributed by atoms with Crippen molar-refractivity contribution in [3.8, 4) is 11.5 Å². The topological polar surface area (TPSA) is 237 Å². The Morgan fingerprint density at radius 3 is 1.67 bits per heavy atom. The lowest BCUT2D eigenvalue weighted by Gasteiger charge is -2.09. The van der Waals surface area contributed by atoms with Crippen molar-refractivity contribution in [2.45, 2.75) is 26.1 Å². The van der Waals surface area contributed by atoms with Crippen LogP contribution >= 0.6 is 0 Å². The highest BCUT2D eigenvalue weighted by atomic mass is 32.2. The van der Waals surface area contributed by atoms with E-state index in [9.17, 15) is 26.9 Å². The molecule has 0 saturated carbocycles. The highest BCUT2D eigenvalue weighted by Crippen LogP contribution is 2.28. The van der Waals surface area contributed by atoms with Gasteiger partial charge in [0.2, 0.25) is 0 Å². The van der Waals surface area contributed by atoms with Crippen LogP contribution in [0.1, 0.15) is 24.0 Å². The molecule has 0 aliphatic rings. The number of benzene rings is 2. The molecule has 0 amide bonds. The molecule has 0 aromatic heterocycles. The number of aliphatic hydroxyl groups is 2. The van der Waals surface area contributed by atoms with Crippen LogP contribution in [0.25, 0.3) is 0 Å². The molecule has 0 aliphatic heterocycles. The molecule has 0 bridgehead atoms. The fourth-order valence-corrected chi connectivity index (χ4v) is 3.57. The van der Waals surface area contributed by atoms with Crippen molar-refractivity contribution in [2.75, 3.05) is 30.5 Å². The number of nitro benzene ring substituents is 1. The third kappa shape index (κ3) is 12.6. The second kappa shape index (κ2) is 14.5. The molecule has 2 aromatic rings. The first-order chi connectivity index (χ1) is 16.8. The van der Waals surface area contributed by atoms with Gasteiger partial charge in [-0.05, 0) is 42.2 Å². The van der Waals surface area contributed by atoms with Gasteiger partial charge in [-0.25, -0.2) is 0 Å². The maximum Gasteiger partial charge on any atom is 0.311 e. The van der Waals surface area contributed by atoms with Crippen LogP contribution in [0.15, 0.2) is 36.4 Å². The molecular weight excluding hydrogens is 524 g/mol. The number of ether oxygens (including phenoxy) is 2. The third-order valence-corrected chi connectivity index (χ3v) is 5.88. The Morgan fingerprint density at radius 2 is 1.25 bits per heavy atom. The first kappa shape index (κ1) is 31.0. The van der Waals surface area contributed by atoms with Gasteiger partial charge in [-0.15, -0.1) is 0 Å². The van der Waals surface area contributed by atoms with Crippen molar-refractivity contribution in [3.63, 3.8) is 0 Å². The van der Waals surface area contributed by atoms with Crippen LogP contribution in [0.2, 0.25) is 0 Å². The lowest BCUT2D eigenvalue weighted by Crippen LogP contribution is -2.09. The highest BCUT2D eigenvalue weighted by molar-refractivity contribution is 7.86. The van der Waals surface area contributed by atoms with Crippen molar-refractivity contribution in [3.05, 3.63) is 57.6 Å². The number of nitrogen functional groups attached to an aromatic ring is 1. The average Bonchev–Trinajstić information content (AvgIpc) is 2.79. The molecule has 0 spiro atoms. The molecule has 36 heavy (non-hydrogen) atoms. The number of nitro groups is 1. The number of aliphatic hydroxyl groups excluding tert-OH is 2. The summed E-state index contributed by atoms with van der Waals surface area (Å²) in [5.41, 5.74) is 6.78. The molecule has 0 unspecified atom stereocenters. The molecule has 6 N–H and O–H groups in total. The molecule has 2 aromatic carbocycles. The van der Waals surface area contributed by atoms with Crippen molar-refractivity contribution in [1.82, 2.24) is 0 Å². The SMILES string of the molecule is Nc1cc(CO)ccc1OCCCS(=O)(=O)O.O=[N+]([O-])c1cc(CO)ccc1OCCCS(=O)(=O)O. The lowest BCUT2D eigenvalue weighted by molar-refractivity contribution is -0.386. The Balaban J connectivity index is 0.000000362. The van der Waals surface area contributed by atoms with Gasteiger partial charge in [0.05, 0.1) is 48.5 Å². The van der Waals surface area contributed by atoms with Gasteiger partial charge < -0.3 is 25.4 Å². The Kier molecular flexibility index (Phi) is 12.5. The van der Waals surface area contributed by atoms with Gasteiger partial charge in [0, 0.05) is 6.07 Å². The van der Waals surface area contributed by atoms with Gasteiger partial charge in [0.25, 0.3) is 20.2 Å². The van der Waals surface area contributed by atoms with Gasteiger partial charge >= 0.3 is 5.69 Å². The summed E-state index contributed by atoms with van der Waals surface area (Å²) in [6, 6.07) is 8.82. The zero-order chi connectivity index (χ0) is 27.4. The van der Waals surface area contributed by atoms with Crippen LogP contribution < -0.4 is 15.2 Å². The van der Waals surface area contributed by atoms with Crippen molar-refractivity contribution in [2.24, 2.45) is 0 Å². The zero-order valence-corrected chi connectivity index (χ0v) is 20.6. The Bertz CT molecular complexity index is 1220. The summed E-state index contributed by atoms with van der Waals surface area (Å²) in [6.45, 7) is -0.376. The largest absolute Gasteiger partial charge is 0.491 e. The quantitative estimate of drug-likeness (QED) is 0.0771. The fraction of sp³-hybridized carbons (Fsp3) is 0.400. The lowest BCUT2D eigenvalue weighted by atomic mass is 10.2. The third-order valence-electron chi connectivity index (χ3n) is 4.27. The Hall–Kier alpha value is -3.02. The minimum Gasteiger partial charge on any atom is -0.491 e. The molecule has 0 radical (unpaired) electrons. The Labute approximate surface area is 207 Å². The molecule has 2 rings (SSSR count). The minimum absolute atomic E-state index is 0.0116.